The van der Waals surface area contributed by atoms with E-state index in [4.69, 9.17) is 9.47 Å². The number of phenols is 1. The number of amidine groups is 1. The lowest BCUT2D eigenvalue weighted by atomic mass is 10.2. The number of hydrogen-bond donors (Lipinski definition) is 1. The third kappa shape index (κ3) is 4.87. The van der Waals surface area contributed by atoms with Crippen molar-refractivity contribution in [1.82, 2.24) is 4.90 Å². The predicted octanol–water partition coefficient (Wildman–Crippen LogP) is 5.03. The molecule has 2 aromatic carbocycles. The Kier molecular flexibility index (Phi) is 7.07. The zero-order valence-corrected chi connectivity index (χ0v) is 19.3. The second-order valence-electron chi connectivity index (χ2n) is 6.21. The molecule has 0 saturated carbocycles. The first-order valence-corrected chi connectivity index (χ1v) is 10.9. The van der Waals surface area contributed by atoms with E-state index in [0.717, 1.165) is 23.4 Å². The van der Waals surface area contributed by atoms with Crippen LogP contribution in [0.25, 0.3) is 6.08 Å². The summed E-state index contributed by atoms with van der Waals surface area (Å²) in [5, 5.41) is 10.7. The summed E-state index contributed by atoms with van der Waals surface area (Å²) >= 11 is 3.38. The summed E-state index contributed by atoms with van der Waals surface area (Å²) in [7, 11) is 3.12. The topological polar surface area (TPSA) is 71.4 Å². The molecule has 1 saturated heterocycles. The number of benzene rings is 2. The number of carbonyl (C=O) groups excluding carboxylic acids is 1. The van der Waals surface area contributed by atoms with Gasteiger partial charge in [-0.25, -0.2) is 4.99 Å². The normalized spacial score (nSPS) is 16.7. The molecular weight excluding hydrogens is 503 g/mol. The highest BCUT2D eigenvalue weighted by molar-refractivity contribution is 14.1. The molecule has 29 heavy (non-hydrogen) atoms. The Balaban J connectivity index is 1.95. The van der Waals surface area contributed by atoms with E-state index in [1.54, 1.807) is 24.2 Å². The number of aliphatic imine (C=N–C) groups is 1. The predicted molar refractivity (Wildman–Crippen MR) is 125 cm³/mol. The van der Waals surface area contributed by atoms with E-state index >= 15 is 0 Å². The van der Waals surface area contributed by atoms with Gasteiger partial charge < -0.3 is 14.6 Å². The first kappa shape index (κ1) is 21.5. The molecule has 0 bridgehead atoms. The van der Waals surface area contributed by atoms with Crippen molar-refractivity contribution in [2.75, 3.05) is 20.8 Å². The maximum atomic E-state index is 13.0. The maximum absolute atomic E-state index is 13.0. The summed E-state index contributed by atoms with van der Waals surface area (Å²) in [4.78, 5) is 19.9. The number of rotatable bonds is 6. The molecule has 0 spiro atoms. The van der Waals surface area contributed by atoms with Crippen LogP contribution in [-0.4, -0.2) is 41.8 Å². The second-order valence-corrected chi connectivity index (χ2v) is 8.38. The van der Waals surface area contributed by atoms with Crippen LogP contribution in [0, 0.1) is 3.57 Å². The van der Waals surface area contributed by atoms with Crippen LogP contribution in [0.4, 0.5) is 5.69 Å². The van der Waals surface area contributed by atoms with Gasteiger partial charge in [0.2, 0.25) is 0 Å². The minimum atomic E-state index is -0.0776. The van der Waals surface area contributed by atoms with E-state index in [1.165, 1.54) is 18.9 Å². The van der Waals surface area contributed by atoms with Gasteiger partial charge in [0, 0.05) is 6.54 Å². The van der Waals surface area contributed by atoms with Gasteiger partial charge in [-0.15, -0.1) is 0 Å². The molecule has 6 nitrogen and oxygen atoms in total. The average molecular weight is 524 g/mol. The molecule has 1 amide bonds. The molecule has 1 aliphatic heterocycles. The standard InChI is InChI=1S/C21H21IN2O4S/c1-4-9-24-20(26)18(12-13-10-16(22)19(25)17(11-13)28-3)29-21(24)23-14-5-7-15(27-2)8-6-14/h5-8,10-12,25H,4,9H2,1-3H3/b18-12+,23-21?. The van der Waals surface area contributed by atoms with E-state index in [-0.39, 0.29) is 11.7 Å². The molecule has 0 radical (unpaired) electrons. The highest BCUT2D eigenvalue weighted by atomic mass is 127. The van der Waals surface area contributed by atoms with E-state index < -0.39 is 0 Å². The van der Waals surface area contributed by atoms with Gasteiger partial charge in [-0.2, -0.15) is 0 Å². The number of ether oxygens (including phenoxy) is 2. The van der Waals surface area contributed by atoms with Crippen LogP contribution in [0.15, 0.2) is 46.3 Å². The molecule has 1 fully saturated rings. The molecule has 1 heterocycles. The van der Waals surface area contributed by atoms with Crippen molar-refractivity contribution >= 4 is 57.2 Å². The summed E-state index contributed by atoms with van der Waals surface area (Å²) in [5.41, 5.74) is 1.53. The molecule has 2 aromatic rings. The van der Waals surface area contributed by atoms with Gasteiger partial charge in [0.1, 0.15) is 5.75 Å². The minimum absolute atomic E-state index is 0.0776. The number of methoxy groups -OCH3 is 2. The fourth-order valence-electron chi connectivity index (χ4n) is 2.76. The Bertz CT molecular complexity index is 973. The first-order chi connectivity index (χ1) is 14.0. The fraction of sp³-hybridized carbons (Fsp3) is 0.238. The minimum Gasteiger partial charge on any atom is -0.504 e. The van der Waals surface area contributed by atoms with Crippen LogP contribution in [0.1, 0.15) is 18.9 Å². The number of carbonyl (C=O) groups is 1. The number of hydrogen-bond acceptors (Lipinski definition) is 6. The number of halogens is 1. The van der Waals surface area contributed by atoms with Crippen molar-refractivity contribution in [2.45, 2.75) is 13.3 Å². The van der Waals surface area contributed by atoms with E-state index in [2.05, 4.69) is 4.99 Å². The highest BCUT2D eigenvalue weighted by Gasteiger charge is 2.32. The van der Waals surface area contributed by atoms with Crippen molar-refractivity contribution in [1.29, 1.82) is 0 Å². The molecule has 0 unspecified atom stereocenters. The van der Waals surface area contributed by atoms with Gasteiger partial charge in [-0.05, 0) is 88.8 Å². The first-order valence-electron chi connectivity index (χ1n) is 8.97. The molecule has 0 aliphatic carbocycles. The van der Waals surface area contributed by atoms with Crippen LogP contribution in [0.3, 0.4) is 0 Å². The fourth-order valence-corrected chi connectivity index (χ4v) is 4.41. The summed E-state index contributed by atoms with van der Waals surface area (Å²) in [6.45, 7) is 2.62. The number of thioether (sulfide) groups is 1. The number of phenolic OH excluding ortho intramolecular Hbond substituents is 1. The molecule has 1 N–H and O–H groups in total. The van der Waals surface area contributed by atoms with Crippen LogP contribution >= 0.6 is 34.4 Å². The van der Waals surface area contributed by atoms with Gasteiger partial charge in [-0.3, -0.25) is 9.69 Å². The Labute approximate surface area is 187 Å². The van der Waals surface area contributed by atoms with Crippen molar-refractivity contribution in [2.24, 2.45) is 4.99 Å². The summed E-state index contributed by atoms with van der Waals surface area (Å²) in [6, 6.07) is 10.9. The summed E-state index contributed by atoms with van der Waals surface area (Å²) in [6.07, 6.45) is 2.63. The number of aromatic hydroxyl groups is 1. The molecule has 0 atom stereocenters. The van der Waals surface area contributed by atoms with Gasteiger partial charge in [0.05, 0.1) is 28.4 Å². The van der Waals surface area contributed by atoms with E-state index in [1.807, 2.05) is 59.8 Å². The van der Waals surface area contributed by atoms with Crippen molar-refractivity contribution in [3.63, 3.8) is 0 Å². The zero-order valence-electron chi connectivity index (χ0n) is 16.3. The molecule has 1 aliphatic rings. The summed E-state index contributed by atoms with van der Waals surface area (Å²) < 4.78 is 11.1. The Morgan fingerprint density at radius 3 is 2.55 bits per heavy atom. The molecule has 0 aromatic heterocycles. The van der Waals surface area contributed by atoms with Crippen LogP contribution in [0.2, 0.25) is 0 Å². The SMILES string of the molecule is CCCN1C(=O)/C(=C\c2cc(I)c(O)c(OC)c2)SC1=Nc1ccc(OC)cc1. The molecule has 152 valence electrons. The molecule has 8 heteroatoms. The maximum Gasteiger partial charge on any atom is 0.266 e. The lowest BCUT2D eigenvalue weighted by molar-refractivity contribution is -0.122. The molecular formula is C21H21IN2O4S. The van der Waals surface area contributed by atoms with Crippen molar-refractivity contribution in [3.8, 4) is 17.2 Å². The van der Waals surface area contributed by atoms with Crippen LogP contribution in [-0.2, 0) is 4.79 Å². The molecule has 3 rings (SSSR count). The van der Waals surface area contributed by atoms with Crippen LogP contribution in [0.5, 0.6) is 17.2 Å². The third-order valence-corrected chi connectivity index (χ3v) is 6.03. The van der Waals surface area contributed by atoms with Gasteiger partial charge >= 0.3 is 0 Å². The Morgan fingerprint density at radius 2 is 1.93 bits per heavy atom. The van der Waals surface area contributed by atoms with Crippen molar-refractivity contribution in [3.05, 3.63) is 50.4 Å². The van der Waals surface area contributed by atoms with Gasteiger partial charge in [-0.1, -0.05) is 6.92 Å². The smallest absolute Gasteiger partial charge is 0.266 e. The lowest BCUT2D eigenvalue weighted by Crippen LogP contribution is -2.29. The number of amides is 1. The quantitative estimate of drug-likeness (QED) is 0.424. The third-order valence-electron chi connectivity index (χ3n) is 4.20. The Hall–Kier alpha value is -2.20. The Morgan fingerprint density at radius 1 is 1.21 bits per heavy atom. The van der Waals surface area contributed by atoms with Gasteiger partial charge in [0.25, 0.3) is 5.91 Å². The zero-order chi connectivity index (χ0) is 21.0. The van der Waals surface area contributed by atoms with E-state index in [9.17, 15) is 9.90 Å². The monoisotopic (exact) mass is 524 g/mol. The van der Waals surface area contributed by atoms with E-state index in [0.29, 0.717) is 25.9 Å². The lowest BCUT2D eigenvalue weighted by Gasteiger charge is -2.14. The average Bonchev–Trinajstić information content (AvgIpc) is 3.00. The van der Waals surface area contributed by atoms with Gasteiger partial charge in [0.15, 0.2) is 16.7 Å². The second kappa shape index (κ2) is 9.53. The summed E-state index contributed by atoms with van der Waals surface area (Å²) in [5.74, 6) is 1.14. The van der Waals surface area contributed by atoms with Crippen molar-refractivity contribution < 1.29 is 19.4 Å². The van der Waals surface area contributed by atoms with Crippen LogP contribution < -0.4 is 9.47 Å². The highest BCUT2D eigenvalue weighted by Crippen LogP contribution is 2.37. The largest absolute Gasteiger partial charge is 0.504 e. The number of nitrogens with zero attached hydrogens (tertiary/aromatic N) is 2.